The van der Waals surface area contributed by atoms with Crippen LogP contribution >= 0.6 is 0 Å². The molecule has 19 heavy (non-hydrogen) atoms. The van der Waals surface area contributed by atoms with Crippen molar-refractivity contribution in [2.45, 2.75) is 5.51 Å². The molecular formula is C8H5F3NO6S-. The average Bonchev–Trinajstić information content (AvgIpc) is 2.22. The van der Waals surface area contributed by atoms with Crippen LogP contribution in [0.3, 0.4) is 0 Å². The van der Waals surface area contributed by atoms with Crippen molar-refractivity contribution in [3.05, 3.63) is 17.7 Å². The smallest absolute Gasteiger partial charge is 0.516 e. The fraction of sp³-hybridized carbons (Fsp3) is 0.125. The predicted octanol–water partition coefficient (Wildman–Crippen LogP) is -0.249. The number of carbonyl (C=O) groups excluding carboxylic acids is 1. The minimum Gasteiger partial charge on any atom is -0.867 e. The van der Waals surface area contributed by atoms with Gasteiger partial charge >= 0.3 is 15.5 Å². The van der Waals surface area contributed by atoms with Gasteiger partial charge < -0.3 is 15.3 Å². The van der Waals surface area contributed by atoms with Crippen LogP contribution < -0.4 is 9.83 Å². The Balaban J connectivity index is 3.11. The molecule has 0 aliphatic heterocycles. The first-order valence-corrected chi connectivity index (χ1v) is 5.80. The van der Waals surface area contributed by atoms with Gasteiger partial charge in [-0.2, -0.15) is 21.6 Å². The zero-order chi connectivity index (χ0) is 15.0. The second kappa shape index (κ2) is 4.50. The number of rotatable bonds is 2. The van der Waals surface area contributed by atoms with E-state index in [2.05, 4.69) is 0 Å². The molecule has 7 nitrogen and oxygen atoms in total. The number of sulfonamides is 1. The van der Waals surface area contributed by atoms with Gasteiger partial charge in [-0.05, 0) is 17.9 Å². The largest absolute Gasteiger partial charge is 0.867 e. The maximum absolute atomic E-state index is 12.0. The molecule has 0 fully saturated rings. The van der Waals surface area contributed by atoms with E-state index in [-0.39, 0.29) is 0 Å². The molecule has 0 saturated carbocycles. The number of benzene rings is 1. The zero-order valence-corrected chi connectivity index (χ0v) is 9.54. The fourth-order valence-electron chi connectivity index (χ4n) is 0.968. The first-order valence-electron chi connectivity index (χ1n) is 4.32. The fourth-order valence-corrected chi connectivity index (χ4v) is 1.45. The van der Waals surface area contributed by atoms with Crippen molar-refractivity contribution in [3.8, 4) is 17.2 Å². The topological polar surface area (TPSA) is 127 Å². The minimum atomic E-state index is -5.92. The lowest BCUT2D eigenvalue weighted by Crippen LogP contribution is -2.40. The van der Waals surface area contributed by atoms with Crippen LogP contribution in [0.1, 0.15) is 10.4 Å². The monoisotopic (exact) mass is 300 g/mol. The highest BCUT2D eigenvalue weighted by Crippen LogP contribution is 2.33. The van der Waals surface area contributed by atoms with Crippen LogP contribution in [0.25, 0.3) is 0 Å². The third kappa shape index (κ3) is 2.99. The number of phenolic OH excluding ortho intramolecular Hbond substituents is 2. The Morgan fingerprint density at radius 3 is 2.00 bits per heavy atom. The first-order chi connectivity index (χ1) is 8.45. The lowest BCUT2D eigenvalue weighted by atomic mass is 10.2. The van der Waals surface area contributed by atoms with Gasteiger partial charge in [0.05, 0.1) is 0 Å². The Hall–Kier alpha value is -2.17. The molecule has 0 atom stereocenters. The summed E-state index contributed by atoms with van der Waals surface area (Å²) in [6, 6.07) is 0.840. The molecule has 0 aliphatic rings. The second-order valence-corrected chi connectivity index (χ2v) is 4.90. The van der Waals surface area contributed by atoms with Gasteiger partial charge in [0.25, 0.3) is 5.91 Å². The van der Waals surface area contributed by atoms with E-state index >= 15 is 0 Å². The van der Waals surface area contributed by atoms with Gasteiger partial charge in [0, 0.05) is 5.56 Å². The molecular weight excluding hydrogens is 295 g/mol. The highest BCUT2D eigenvalue weighted by Gasteiger charge is 2.47. The van der Waals surface area contributed by atoms with E-state index in [4.69, 9.17) is 10.2 Å². The molecule has 3 N–H and O–H groups in total. The number of phenols is 2. The Morgan fingerprint density at radius 2 is 1.63 bits per heavy atom. The molecule has 1 aromatic rings. The summed E-state index contributed by atoms with van der Waals surface area (Å²) in [7, 11) is -5.92. The maximum Gasteiger partial charge on any atom is 0.516 e. The molecule has 0 heterocycles. The van der Waals surface area contributed by atoms with Gasteiger partial charge in [0.1, 0.15) is 11.5 Å². The highest BCUT2D eigenvalue weighted by molar-refractivity contribution is 7.90. The molecule has 1 rings (SSSR count). The average molecular weight is 300 g/mol. The molecule has 1 amide bonds. The van der Waals surface area contributed by atoms with E-state index < -0.39 is 44.3 Å². The van der Waals surface area contributed by atoms with E-state index in [1.807, 2.05) is 0 Å². The first kappa shape index (κ1) is 14.9. The van der Waals surface area contributed by atoms with Crippen LogP contribution in [0.15, 0.2) is 12.1 Å². The van der Waals surface area contributed by atoms with Crippen LogP contribution in [-0.2, 0) is 10.0 Å². The zero-order valence-electron chi connectivity index (χ0n) is 8.72. The number of aromatic hydroxyl groups is 2. The van der Waals surface area contributed by atoms with E-state index in [9.17, 15) is 31.5 Å². The lowest BCUT2D eigenvalue weighted by Gasteiger charge is -2.13. The normalized spacial score (nSPS) is 12.2. The molecule has 0 aliphatic carbocycles. The van der Waals surface area contributed by atoms with Crippen molar-refractivity contribution in [2.24, 2.45) is 0 Å². The summed E-state index contributed by atoms with van der Waals surface area (Å²) < 4.78 is 57.9. The SMILES string of the molecule is O=C(NS(=O)(=O)C(F)(F)F)c1cc(O)c([O-])c(O)c1. The molecule has 0 saturated heterocycles. The van der Waals surface area contributed by atoms with Gasteiger partial charge in [-0.3, -0.25) is 4.79 Å². The van der Waals surface area contributed by atoms with Crippen molar-refractivity contribution in [2.75, 3.05) is 0 Å². The van der Waals surface area contributed by atoms with Crippen molar-refractivity contribution >= 4 is 15.9 Å². The van der Waals surface area contributed by atoms with E-state index in [0.29, 0.717) is 16.9 Å². The number of carbonyl (C=O) groups is 1. The van der Waals surface area contributed by atoms with Gasteiger partial charge in [0.15, 0.2) is 0 Å². The Kier molecular flexibility index (Phi) is 3.52. The number of hydrogen-bond donors (Lipinski definition) is 3. The summed E-state index contributed by atoms with van der Waals surface area (Å²) in [5.41, 5.74) is -6.53. The number of nitrogens with one attached hydrogen (secondary N) is 1. The van der Waals surface area contributed by atoms with Crippen molar-refractivity contribution < 1.29 is 41.7 Å². The van der Waals surface area contributed by atoms with Crippen LogP contribution in [0.4, 0.5) is 13.2 Å². The van der Waals surface area contributed by atoms with Gasteiger partial charge in [-0.15, -0.1) is 0 Å². The van der Waals surface area contributed by atoms with Gasteiger partial charge in [-0.1, -0.05) is 0 Å². The Bertz CT molecular complexity index is 601. The summed E-state index contributed by atoms with van der Waals surface area (Å²) in [4.78, 5) is 11.2. The molecule has 1 aromatic carbocycles. The molecule has 0 spiro atoms. The summed E-state index contributed by atoms with van der Waals surface area (Å²) >= 11 is 0. The maximum atomic E-state index is 12.0. The van der Waals surface area contributed by atoms with E-state index in [1.54, 1.807) is 0 Å². The van der Waals surface area contributed by atoms with Gasteiger partial charge in [0.2, 0.25) is 0 Å². The molecule has 11 heteroatoms. The summed E-state index contributed by atoms with van der Waals surface area (Å²) in [6.45, 7) is 0. The summed E-state index contributed by atoms with van der Waals surface area (Å²) in [5.74, 6) is -5.25. The Morgan fingerprint density at radius 1 is 1.21 bits per heavy atom. The van der Waals surface area contributed by atoms with Crippen LogP contribution in [-0.4, -0.2) is 30.0 Å². The number of hydrogen-bond acceptors (Lipinski definition) is 6. The Labute approximate surface area is 104 Å². The number of amides is 1. The predicted molar refractivity (Wildman–Crippen MR) is 51.7 cm³/mol. The van der Waals surface area contributed by atoms with Crippen molar-refractivity contribution in [3.63, 3.8) is 0 Å². The molecule has 106 valence electrons. The quantitative estimate of drug-likeness (QED) is 0.691. The van der Waals surface area contributed by atoms with Crippen molar-refractivity contribution in [1.29, 1.82) is 0 Å². The van der Waals surface area contributed by atoms with E-state index in [1.165, 1.54) is 0 Å². The molecule has 0 radical (unpaired) electrons. The van der Waals surface area contributed by atoms with E-state index in [0.717, 1.165) is 0 Å². The summed E-state index contributed by atoms with van der Waals surface area (Å²) in [6.07, 6.45) is 0. The second-order valence-electron chi connectivity index (χ2n) is 3.22. The van der Waals surface area contributed by atoms with Gasteiger partial charge in [-0.25, -0.2) is 4.72 Å². The molecule has 0 aromatic heterocycles. The molecule has 0 bridgehead atoms. The van der Waals surface area contributed by atoms with Crippen LogP contribution in [0.5, 0.6) is 17.2 Å². The molecule has 0 unspecified atom stereocenters. The van der Waals surface area contributed by atoms with Crippen LogP contribution in [0.2, 0.25) is 0 Å². The highest BCUT2D eigenvalue weighted by atomic mass is 32.2. The van der Waals surface area contributed by atoms with Crippen molar-refractivity contribution in [1.82, 2.24) is 4.72 Å². The standard InChI is InChI=1S/C8H6F3NO6S/c9-8(10,11)19(17,18)12-7(16)3-1-4(13)6(15)5(14)2-3/h1-2,13-15H,(H,12,16)/p-1. The number of alkyl halides is 3. The lowest BCUT2D eigenvalue weighted by molar-refractivity contribution is -0.272. The third-order valence-corrected chi connectivity index (χ3v) is 2.91. The summed E-state index contributed by atoms with van der Waals surface area (Å²) in [5, 5.41) is 28.8. The third-order valence-electron chi connectivity index (χ3n) is 1.84. The minimum absolute atomic E-state index is 0.420. The number of halogens is 3. The van der Waals surface area contributed by atoms with Crippen LogP contribution in [0, 0.1) is 0 Å².